The maximum absolute atomic E-state index is 11.8. The number of nitro groups is 1. The fraction of sp³-hybridized carbons (Fsp3) is 0.0909. The first-order valence-electron chi connectivity index (χ1n) is 8.92. The molecular formula is C22H17N3O4. The van der Waals surface area contributed by atoms with Crippen LogP contribution in [0.25, 0.3) is 10.8 Å². The minimum atomic E-state index is -0.599. The third-order valence-corrected chi connectivity index (χ3v) is 4.30. The molecule has 0 aliphatic rings. The third kappa shape index (κ3) is 3.84. The van der Waals surface area contributed by atoms with Crippen LogP contribution in [-0.4, -0.2) is 14.9 Å². The van der Waals surface area contributed by atoms with Gasteiger partial charge in [0.15, 0.2) is 0 Å². The fourth-order valence-electron chi connectivity index (χ4n) is 3.15. The highest BCUT2D eigenvalue weighted by molar-refractivity contribution is 5.88. The predicted octanol–water partition coefficient (Wildman–Crippen LogP) is 5.74. The first-order chi connectivity index (χ1) is 14.0. The van der Waals surface area contributed by atoms with Crippen molar-refractivity contribution in [3.05, 3.63) is 88.2 Å². The topological polar surface area (TPSA) is 87.4 Å². The Labute approximate surface area is 166 Å². The van der Waals surface area contributed by atoms with E-state index >= 15 is 0 Å². The van der Waals surface area contributed by atoms with E-state index in [2.05, 4.69) is 9.97 Å². The Morgan fingerprint density at radius 1 is 0.862 bits per heavy atom. The lowest BCUT2D eigenvalue weighted by Gasteiger charge is -2.11. The molecule has 0 unspecified atom stereocenters. The van der Waals surface area contributed by atoms with Crippen LogP contribution in [0.3, 0.4) is 0 Å². The van der Waals surface area contributed by atoms with Crippen molar-refractivity contribution >= 4 is 16.5 Å². The number of benzene rings is 3. The number of hydrogen-bond donors (Lipinski definition) is 0. The number of hydrogen-bond acceptors (Lipinski definition) is 6. The number of rotatable bonds is 5. The zero-order valence-corrected chi connectivity index (χ0v) is 15.8. The summed E-state index contributed by atoms with van der Waals surface area (Å²) >= 11 is 0. The third-order valence-electron chi connectivity index (χ3n) is 4.30. The van der Waals surface area contributed by atoms with E-state index in [-0.39, 0.29) is 11.8 Å². The van der Waals surface area contributed by atoms with Gasteiger partial charge in [0.05, 0.1) is 4.92 Å². The van der Waals surface area contributed by atoms with Crippen LogP contribution in [-0.2, 0) is 0 Å². The largest absolute Gasteiger partial charge is 0.433 e. The molecule has 0 spiro atoms. The first-order valence-corrected chi connectivity index (χ1v) is 8.92. The molecule has 1 heterocycles. The molecule has 0 atom stereocenters. The molecule has 4 rings (SSSR count). The Bertz CT molecular complexity index is 1200. The molecule has 7 heteroatoms. The molecule has 0 fully saturated rings. The summed E-state index contributed by atoms with van der Waals surface area (Å²) in [6, 6.07) is 18.6. The summed E-state index contributed by atoms with van der Waals surface area (Å²) in [7, 11) is 0. The minimum Gasteiger partial charge on any atom is -0.433 e. The van der Waals surface area contributed by atoms with Crippen LogP contribution in [0, 0.1) is 24.0 Å². The smallest absolute Gasteiger partial charge is 0.393 e. The maximum atomic E-state index is 11.8. The lowest BCUT2D eigenvalue weighted by molar-refractivity contribution is -0.387. The van der Waals surface area contributed by atoms with Gasteiger partial charge in [-0.3, -0.25) is 10.1 Å². The van der Waals surface area contributed by atoms with Gasteiger partial charge < -0.3 is 9.47 Å². The van der Waals surface area contributed by atoms with Crippen molar-refractivity contribution in [2.75, 3.05) is 0 Å². The van der Waals surface area contributed by atoms with E-state index in [4.69, 9.17) is 9.47 Å². The van der Waals surface area contributed by atoms with Gasteiger partial charge in [0, 0.05) is 5.39 Å². The van der Waals surface area contributed by atoms with Crippen molar-refractivity contribution in [3.8, 4) is 23.3 Å². The van der Waals surface area contributed by atoms with Crippen LogP contribution < -0.4 is 9.47 Å². The first kappa shape index (κ1) is 18.4. The summed E-state index contributed by atoms with van der Waals surface area (Å²) in [5.41, 5.74) is 1.52. The Morgan fingerprint density at radius 3 is 2.24 bits per heavy atom. The average molecular weight is 387 g/mol. The summed E-state index contributed by atoms with van der Waals surface area (Å²) in [5, 5.41) is 13.6. The van der Waals surface area contributed by atoms with Crippen molar-refractivity contribution in [3.63, 3.8) is 0 Å². The van der Waals surface area contributed by atoms with E-state index in [1.165, 1.54) is 6.33 Å². The van der Waals surface area contributed by atoms with E-state index in [9.17, 15) is 10.1 Å². The fourth-order valence-corrected chi connectivity index (χ4v) is 3.15. The van der Waals surface area contributed by atoms with Gasteiger partial charge in [0.25, 0.3) is 0 Å². The molecule has 4 aromatic rings. The monoisotopic (exact) mass is 387 g/mol. The molecule has 0 radical (unpaired) electrons. The molecule has 0 saturated heterocycles. The summed E-state index contributed by atoms with van der Waals surface area (Å²) in [4.78, 5) is 19.1. The molecule has 7 nitrogen and oxygen atoms in total. The van der Waals surface area contributed by atoms with Crippen LogP contribution in [0.2, 0.25) is 0 Å². The maximum Gasteiger partial charge on any atom is 0.393 e. The Balaban J connectivity index is 1.76. The number of fused-ring (bicyclic) bond motifs is 1. The lowest BCUT2D eigenvalue weighted by Crippen LogP contribution is -2.01. The zero-order valence-electron chi connectivity index (χ0n) is 15.8. The van der Waals surface area contributed by atoms with E-state index < -0.39 is 10.6 Å². The average Bonchev–Trinajstić information content (AvgIpc) is 2.67. The van der Waals surface area contributed by atoms with Gasteiger partial charge in [-0.15, -0.1) is 0 Å². The number of nitrogens with zero attached hydrogens (tertiary/aromatic N) is 3. The number of aryl methyl sites for hydroxylation is 2. The van der Waals surface area contributed by atoms with Crippen LogP contribution in [0.4, 0.5) is 5.69 Å². The minimum absolute atomic E-state index is 0.176. The van der Waals surface area contributed by atoms with Gasteiger partial charge in [0.2, 0.25) is 0 Å². The highest BCUT2D eigenvalue weighted by Gasteiger charge is 2.27. The predicted molar refractivity (Wildman–Crippen MR) is 109 cm³/mol. The molecule has 0 N–H and O–H groups in total. The Hall–Kier alpha value is -4.00. The van der Waals surface area contributed by atoms with E-state index in [0.717, 1.165) is 21.9 Å². The van der Waals surface area contributed by atoms with E-state index in [1.807, 2.05) is 56.3 Å². The van der Waals surface area contributed by atoms with Gasteiger partial charge in [-0.25, -0.2) is 0 Å². The van der Waals surface area contributed by atoms with Crippen LogP contribution in [0.5, 0.6) is 23.3 Å². The van der Waals surface area contributed by atoms with Crippen LogP contribution in [0.15, 0.2) is 67.0 Å². The van der Waals surface area contributed by atoms with Gasteiger partial charge in [0.1, 0.15) is 17.8 Å². The SMILES string of the molecule is Cc1cc(C)cc(Oc2ncnc(Oc3cccc4ccccc34)c2[N+](=O)[O-])c1. The van der Waals surface area contributed by atoms with Crippen molar-refractivity contribution in [2.24, 2.45) is 0 Å². The van der Waals surface area contributed by atoms with Crippen molar-refractivity contribution in [1.29, 1.82) is 0 Å². The van der Waals surface area contributed by atoms with E-state index in [0.29, 0.717) is 11.5 Å². The summed E-state index contributed by atoms with van der Waals surface area (Å²) < 4.78 is 11.6. The van der Waals surface area contributed by atoms with Crippen LogP contribution in [0.1, 0.15) is 11.1 Å². The second-order valence-electron chi connectivity index (χ2n) is 6.59. The molecule has 3 aromatic carbocycles. The summed E-state index contributed by atoms with van der Waals surface area (Å²) in [6.45, 7) is 3.84. The summed E-state index contributed by atoms with van der Waals surface area (Å²) in [6.07, 6.45) is 1.19. The molecule has 0 aliphatic heterocycles. The molecule has 1 aromatic heterocycles. The normalized spacial score (nSPS) is 10.7. The second-order valence-corrected chi connectivity index (χ2v) is 6.59. The molecule has 29 heavy (non-hydrogen) atoms. The molecular weight excluding hydrogens is 370 g/mol. The summed E-state index contributed by atoms with van der Waals surface area (Å²) in [5.74, 6) is 0.564. The molecule has 144 valence electrons. The molecule has 0 bridgehead atoms. The molecule has 0 saturated carbocycles. The Kier molecular flexibility index (Phi) is 4.78. The van der Waals surface area contributed by atoms with Crippen molar-refractivity contribution in [2.45, 2.75) is 13.8 Å². The number of ether oxygens (including phenoxy) is 2. The van der Waals surface area contributed by atoms with Crippen LogP contribution >= 0.6 is 0 Å². The van der Waals surface area contributed by atoms with Gasteiger partial charge >= 0.3 is 17.4 Å². The second kappa shape index (κ2) is 7.55. The lowest BCUT2D eigenvalue weighted by atomic mass is 10.1. The molecule has 0 amide bonds. The standard InChI is InChI=1S/C22H17N3O4/c1-14-10-15(2)12-17(11-14)28-21-20(25(26)27)22(24-13-23-21)29-19-9-5-7-16-6-3-4-8-18(16)19/h3-13H,1-2H3. The van der Waals surface area contributed by atoms with Gasteiger partial charge in [-0.1, -0.05) is 42.5 Å². The molecule has 0 aliphatic carbocycles. The highest BCUT2D eigenvalue weighted by atomic mass is 16.6. The Morgan fingerprint density at radius 2 is 1.52 bits per heavy atom. The highest BCUT2D eigenvalue weighted by Crippen LogP contribution is 2.39. The van der Waals surface area contributed by atoms with E-state index in [1.54, 1.807) is 18.2 Å². The van der Waals surface area contributed by atoms with Crippen molar-refractivity contribution < 1.29 is 14.4 Å². The quantitative estimate of drug-likeness (QED) is 0.320. The zero-order chi connectivity index (χ0) is 20.4. The van der Waals surface area contributed by atoms with Gasteiger partial charge in [-0.05, 0) is 48.6 Å². The number of aromatic nitrogens is 2. The van der Waals surface area contributed by atoms with Gasteiger partial charge in [-0.2, -0.15) is 9.97 Å². The van der Waals surface area contributed by atoms with Crippen molar-refractivity contribution in [1.82, 2.24) is 9.97 Å².